The molecule has 1 fully saturated rings. The number of rotatable bonds is 8. The van der Waals surface area contributed by atoms with E-state index >= 15 is 0 Å². The van der Waals surface area contributed by atoms with Crippen molar-refractivity contribution in [3.8, 4) is 0 Å². The number of benzene rings is 1. The Morgan fingerprint density at radius 3 is 2.03 bits per heavy atom. The van der Waals surface area contributed by atoms with Crippen LogP contribution in [-0.2, 0) is 15.0 Å². The van der Waals surface area contributed by atoms with E-state index in [4.69, 9.17) is 0 Å². The molecular weight excluding hydrogens is 394 g/mol. The number of hydrogen-bond acceptors (Lipinski definition) is 5. The summed E-state index contributed by atoms with van der Waals surface area (Å²) in [7, 11) is -0.0625. The molecule has 9 nitrogen and oxygen atoms in total. The van der Waals surface area contributed by atoms with Gasteiger partial charge in [-0.3, -0.25) is 14.5 Å². The molecular formula is C19H31N5O4S. The minimum absolute atomic E-state index is 0.0968. The molecule has 29 heavy (non-hydrogen) atoms. The second kappa shape index (κ2) is 10.1. The minimum Gasteiger partial charge on any atom is -0.345 e. The number of amides is 2. The Kier molecular flexibility index (Phi) is 8.14. The number of carbonyl (C=O) groups is 2. The third-order valence-corrected chi connectivity index (χ3v) is 7.06. The van der Waals surface area contributed by atoms with E-state index in [0.29, 0.717) is 50.5 Å². The van der Waals surface area contributed by atoms with Gasteiger partial charge in [-0.15, -0.1) is 0 Å². The van der Waals surface area contributed by atoms with Crippen LogP contribution >= 0.6 is 0 Å². The summed E-state index contributed by atoms with van der Waals surface area (Å²) in [6.45, 7) is 6.47. The summed E-state index contributed by atoms with van der Waals surface area (Å²) < 4.78 is 28.1. The van der Waals surface area contributed by atoms with Gasteiger partial charge in [-0.2, -0.15) is 17.0 Å². The van der Waals surface area contributed by atoms with Crippen LogP contribution in [0.25, 0.3) is 0 Å². The third kappa shape index (κ3) is 5.99. The lowest BCUT2D eigenvalue weighted by atomic mass is 10.2. The van der Waals surface area contributed by atoms with Gasteiger partial charge in [-0.25, -0.2) is 0 Å². The van der Waals surface area contributed by atoms with Crippen molar-refractivity contribution in [3.63, 3.8) is 0 Å². The van der Waals surface area contributed by atoms with Gasteiger partial charge in [-0.1, -0.05) is 13.8 Å². The largest absolute Gasteiger partial charge is 0.345 e. The number of carbonyl (C=O) groups excluding carboxylic acids is 2. The van der Waals surface area contributed by atoms with Crippen molar-refractivity contribution >= 4 is 27.7 Å². The van der Waals surface area contributed by atoms with Gasteiger partial charge in [0.1, 0.15) is 0 Å². The van der Waals surface area contributed by atoms with Crippen molar-refractivity contribution in [1.29, 1.82) is 0 Å². The van der Waals surface area contributed by atoms with Crippen molar-refractivity contribution in [2.75, 3.05) is 65.2 Å². The lowest BCUT2D eigenvalue weighted by molar-refractivity contribution is -0.117. The number of anilines is 1. The van der Waals surface area contributed by atoms with Crippen molar-refractivity contribution in [3.05, 3.63) is 29.8 Å². The maximum atomic E-state index is 12.6. The predicted octanol–water partition coefficient (Wildman–Crippen LogP) is 0.531. The monoisotopic (exact) mass is 425 g/mol. The second-order valence-electron chi connectivity index (χ2n) is 7.09. The molecule has 1 aromatic carbocycles. The fourth-order valence-electron chi connectivity index (χ4n) is 3.19. The van der Waals surface area contributed by atoms with Crippen LogP contribution in [0.15, 0.2) is 24.3 Å². The normalized spacial score (nSPS) is 16.0. The summed E-state index contributed by atoms with van der Waals surface area (Å²) in [6.07, 6.45) is 0. The number of hydrogen-bond donors (Lipinski definition) is 1. The molecule has 1 aromatic rings. The molecule has 0 saturated carbocycles. The van der Waals surface area contributed by atoms with Crippen molar-refractivity contribution < 1.29 is 18.0 Å². The van der Waals surface area contributed by atoms with E-state index in [9.17, 15) is 18.0 Å². The Morgan fingerprint density at radius 1 is 1.00 bits per heavy atom. The first-order chi connectivity index (χ1) is 13.7. The molecule has 0 radical (unpaired) electrons. The van der Waals surface area contributed by atoms with Gasteiger partial charge in [0.25, 0.3) is 16.1 Å². The van der Waals surface area contributed by atoms with Gasteiger partial charge in [0.15, 0.2) is 0 Å². The van der Waals surface area contributed by atoms with Crippen LogP contribution < -0.4 is 5.32 Å². The lowest BCUT2D eigenvalue weighted by Crippen LogP contribution is -2.54. The zero-order chi connectivity index (χ0) is 21.6. The first-order valence-electron chi connectivity index (χ1n) is 9.78. The van der Waals surface area contributed by atoms with Crippen LogP contribution in [0.3, 0.4) is 0 Å². The molecule has 1 aliphatic heterocycles. The summed E-state index contributed by atoms with van der Waals surface area (Å²) in [4.78, 5) is 27.7. The Morgan fingerprint density at radius 2 is 1.55 bits per heavy atom. The Hall–Kier alpha value is -2.01. The van der Waals surface area contributed by atoms with E-state index in [1.807, 2.05) is 18.7 Å². The number of nitrogens with zero attached hydrogens (tertiary/aromatic N) is 4. The standard InChI is InChI=1S/C19H31N5O4S/c1-5-23(6-2)29(27,28)24-13-11-22(12-14-24)15-18(25)20-17-9-7-16(8-10-17)19(26)21(3)4/h7-10H,5-6,11-15H2,1-4H3,(H,20,25). The topological polar surface area (TPSA) is 93.3 Å². The van der Waals surface area contributed by atoms with E-state index in [1.165, 1.54) is 13.5 Å². The fraction of sp³-hybridized carbons (Fsp3) is 0.579. The van der Waals surface area contributed by atoms with Crippen LogP contribution in [0, 0.1) is 0 Å². The van der Waals surface area contributed by atoms with E-state index in [1.54, 1.807) is 38.4 Å². The third-order valence-electron chi connectivity index (χ3n) is 4.88. The predicted molar refractivity (Wildman–Crippen MR) is 113 cm³/mol. The van der Waals surface area contributed by atoms with E-state index in [-0.39, 0.29) is 18.4 Å². The van der Waals surface area contributed by atoms with E-state index < -0.39 is 10.2 Å². The van der Waals surface area contributed by atoms with Gasteiger partial charge in [0.05, 0.1) is 6.54 Å². The first-order valence-corrected chi connectivity index (χ1v) is 11.2. The summed E-state index contributed by atoms with van der Waals surface area (Å²) in [5, 5.41) is 2.82. The molecule has 0 bridgehead atoms. The highest BCUT2D eigenvalue weighted by molar-refractivity contribution is 7.86. The zero-order valence-electron chi connectivity index (χ0n) is 17.6. The number of nitrogens with one attached hydrogen (secondary N) is 1. The first kappa shape index (κ1) is 23.3. The van der Waals surface area contributed by atoms with E-state index in [2.05, 4.69) is 5.32 Å². The van der Waals surface area contributed by atoms with Gasteiger partial charge >= 0.3 is 0 Å². The SMILES string of the molecule is CCN(CC)S(=O)(=O)N1CCN(CC(=O)Nc2ccc(C(=O)N(C)C)cc2)CC1. The lowest BCUT2D eigenvalue weighted by Gasteiger charge is -2.35. The molecule has 1 heterocycles. The molecule has 0 aromatic heterocycles. The molecule has 2 amide bonds. The van der Waals surface area contributed by atoms with Gasteiger partial charge < -0.3 is 10.2 Å². The van der Waals surface area contributed by atoms with Crippen molar-refractivity contribution in [2.45, 2.75) is 13.8 Å². The van der Waals surface area contributed by atoms with Crippen LogP contribution in [0.2, 0.25) is 0 Å². The van der Waals surface area contributed by atoms with Gasteiger partial charge in [-0.05, 0) is 24.3 Å². The van der Waals surface area contributed by atoms with Crippen molar-refractivity contribution in [1.82, 2.24) is 18.4 Å². The summed E-state index contributed by atoms with van der Waals surface area (Å²) in [6, 6.07) is 6.75. The molecule has 1 aliphatic rings. The molecule has 1 N–H and O–H groups in total. The molecule has 10 heteroatoms. The van der Waals surface area contributed by atoms with Gasteiger partial charge in [0, 0.05) is 64.6 Å². The highest BCUT2D eigenvalue weighted by atomic mass is 32.2. The summed E-state index contributed by atoms with van der Waals surface area (Å²) in [5.74, 6) is -0.267. The average Bonchev–Trinajstić information content (AvgIpc) is 2.69. The maximum absolute atomic E-state index is 12.6. The summed E-state index contributed by atoms with van der Waals surface area (Å²) in [5.41, 5.74) is 1.17. The maximum Gasteiger partial charge on any atom is 0.282 e. The molecule has 0 unspecified atom stereocenters. The molecule has 1 saturated heterocycles. The minimum atomic E-state index is -3.43. The quantitative estimate of drug-likeness (QED) is 0.656. The molecule has 0 spiro atoms. The zero-order valence-corrected chi connectivity index (χ0v) is 18.4. The highest BCUT2D eigenvalue weighted by Gasteiger charge is 2.31. The van der Waals surface area contributed by atoms with E-state index in [0.717, 1.165) is 0 Å². The molecule has 2 rings (SSSR count). The fourth-order valence-corrected chi connectivity index (χ4v) is 4.79. The number of piperazine rings is 1. The summed E-state index contributed by atoms with van der Waals surface area (Å²) >= 11 is 0. The van der Waals surface area contributed by atoms with Crippen LogP contribution in [0.1, 0.15) is 24.2 Å². The molecule has 162 valence electrons. The molecule has 0 aliphatic carbocycles. The van der Waals surface area contributed by atoms with Gasteiger partial charge in [0.2, 0.25) is 5.91 Å². The van der Waals surface area contributed by atoms with Crippen LogP contribution in [0.4, 0.5) is 5.69 Å². The van der Waals surface area contributed by atoms with Crippen LogP contribution in [0.5, 0.6) is 0 Å². The Labute approximate surface area is 173 Å². The molecule has 0 atom stereocenters. The highest BCUT2D eigenvalue weighted by Crippen LogP contribution is 2.13. The smallest absolute Gasteiger partial charge is 0.282 e. The Balaban J connectivity index is 1.85. The van der Waals surface area contributed by atoms with Crippen molar-refractivity contribution in [2.24, 2.45) is 0 Å². The second-order valence-corrected chi connectivity index (χ2v) is 9.02. The van der Waals surface area contributed by atoms with Crippen LogP contribution in [-0.4, -0.2) is 98.6 Å². The average molecular weight is 426 g/mol. The Bertz CT molecular complexity index is 798.